The second-order valence-electron chi connectivity index (χ2n) is 9.09. The number of ether oxygens (including phenoxy) is 3. The van der Waals surface area contributed by atoms with Gasteiger partial charge in [0.1, 0.15) is 22.4 Å². The highest BCUT2D eigenvalue weighted by molar-refractivity contribution is 7.22. The Morgan fingerprint density at radius 3 is 2.42 bits per heavy atom. The van der Waals surface area contributed by atoms with Crippen LogP contribution in [0, 0.1) is 6.92 Å². The quantitative estimate of drug-likeness (QED) is 0.358. The van der Waals surface area contributed by atoms with E-state index in [0.717, 1.165) is 15.9 Å². The minimum atomic E-state index is -4.98. The molecule has 13 heteroatoms. The molecule has 0 unspecified atom stereocenters. The van der Waals surface area contributed by atoms with Crippen LogP contribution in [-0.2, 0) is 11.3 Å². The van der Waals surface area contributed by atoms with E-state index in [1.165, 1.54) is 6.20 Å². The molecule has 9 nitrogen and oxygen atoms in total. The highest BCUT2D eigenvalue weighted by Crippen LogP contribution is 2.38. The zero-order chi connectivity index (χ0) is 27.2. The van der Waals surface area contributed by atoms with Crippen LogP contribution < -0.4 is 20.7 Å². The number of thiophene rings is 1. The third kappa shape index (κ3) is 4.91. The van der Waals surface area contributed by atoms with Gasteiger partial charge in [-0.1, -0.05) is 0 Å². The maximum absolute atomic E-state index is 13.3. The van der Waals surface area contributed by atoms with E-state index >= 15 is 0 Å². The Morgan fingerprint density at radius 2 is 1.84 bits per heavy atom. The summed E-state index contributed by atoms with van der Waals surface area (Å²) in [5, 5.41) is 10.0. The Labute approximate surface area is 217 Å². The predicted molar refractivity (Wildman–Crippen MR) is 133 cm³/mol. The fourth-order valence-corrected chi connectivity index (χ4v) is 5.14. The molecule has 1 aliphatic rings. The van der Waals surface area contributed by atoms with Gasteiger partial charge in [-0.05, 0) is 49.7 Å². The molecule has 1 atom stereocenters. The molecule has 4 heterocycles. The number of rotatable bonds is 7. The number of aromatic amines is 1. The second-order valence-corrected chi connectivity index (χ2v) is 10.1. The van der Waals surface area contributed by atoms with Gasteiger partial charge in [0, 0.05) is 22.7 Å². The summed E-state index contributed by atoms with van der Waals surface area (Å²) >= 11 is 0.967. The summed E-state index contributed by atoms with van der Waals surface area (Å²) < 4.78 is 57.2. The standard InChI is InChI=1S/C25H22F3N3O6S/c1-13-19-21(32)30-23(33)31(12-24(2,34)25(26,27)28)22(19)38-20(13)14-3-8-18(29-9-14)37-16-6-4-15(5-7-16)36-17-10-35-11-17/h3-9,17,34H,10-12H2,1-2H3,(H,30,32,33)/t24-/m0/s1. The van der Waals surface area contributed by atoms with Gasteiger partial charge in [0.05, 0.1) is 25.1 Å². The first-order valence-electron chi connectivity index (χ1n) is 11.5. The number of fused-ring (bicyclic) bond motifs is 1. The molecule has 4 aromatic rings. The number of H-pyrrole nitrogens is 1. The van der Waals surface area contributed by atoms with Crippen molar-refractivity contribution in [2.24, 2.45) is 0 Å². The largest absolute Gasteiger partial charge is 0.486 e. The van der Waals surface area contributed by atoms with E-state index in [1.807, 2.05) is 4.98 Å². The first kappa shape index (κ1) is 25.9. The lowest BCUT2D eigenvalue weighted by molar-refractivity contribution is -0.257. The molecule has 38 heavy (non-hydrogen) atoms. The summed E-state index contributed by atoms with van der Waals surface area (Å²) in [4.78, 5) is 31.9. The molecule has 0 saturated carbocycles. The molecule has 2 N–H and O–H groups in total. The van der Waals surface area contributed by atoms with E-state index in [-0.39, 0.29) is 16.3 Å². The van der Waals surface area contributed by atoms with Crippen LogP contribution in [0.15, 0.2) is 52.2 Å². The van der Waals surface area contributed by atoms with Crippen molar-refractivity contribution in [1.29, 1.82) is 0 Å². The Kier molecular flexibility index (Phi) is 6.53. The lowest BCUT2D eigenvalue weighted by Gasteiger charge is -2.26. The average molecular weight is 550 g/mol. The minimum absolute atomic E-state index is 0.0203. The lowest BCUT2D eigenvalue weighted by Crippen LogP contribution is -2.48. The normalized spacial score (nSPS) is 15.7. The van der Waals surface area contributed by atoms with E-state index in [2.05, 4.69) is 4.98 Å². The minimum Gasteiger partial charge on any atom is -0.486 e. The zero-order valence-corrected chi connectivity index (χ0v) is 21.0. The maximum Gasteiger partial charge on any atom is 0.418 e. The Hall–Kier alpha value is -3.68. The highest BCUT2D eigenvalue weighted by Gasteiger charge is 2.50. The second kappa shape index (κ2) is 9.57. The monoisotopic (exact) mass is 549 g/mol. The van der Waals surface area contributed by atoms with Crippen LogP contribution in [0.4, 0.5) is 13.2 Å². The van der Waals surface area contributed by atoms with Crippen molar-refractivity contribution in [3.63, 3.8) is 0 Å². The summed E-state index contributed by atoms with van der Waals surface area (Å²) in [7, 11) is 0. The van der Waals surface area contributed by atoms with Crippen LogP contribution in [0.1, 0.15) is 12.5 Å². The summed E-state index contributed by atoms with van der Waals surface area (Å²) in [5.41, 5.74) is -3.91. The first-order valence-corrected chi connectivity index (χ1v) is 12.3. The zero-order valence-electron chi connectivity index (χ0n) is 20.2. The van der Waals surface area contributed by atoms with E-state index in [4.69, 9.17) is 14.2 Å². The Morgan fingerprint density at radius 1 is 1.16 bits per heavy atom. The van der Waals surface area contributed by atoms with Crippen LogP contribution in [-0.4, -0.2) is 50.7 Å². The molecule has 1 fully saturated rings. The Bertz CT molecular complexity index is 1590. The molecular weight excluding hydrogens is 527 g/mol. The summed E-state index contributed by atoms with van der Waals surface area (Å²) in [6.07, 6.45) is -3.43. The molecule has 1 aliphatic heterocycles. The van der Waals surface area contributed by atoms with E-state index in [0.29, 0.717) is 53.5 Å². The first-order chi connectivity index (χ1) is 17.9. The van der Waals surface area contributed by atoms with Gasteiger partial charge in [0.25, 0.3) is 5.56 Å². The molecule has 0 bridgehead atoms. The number of aryl methyl sites for hydroxylation is 1. The average Bonchev–Trinajstić information content (AvgIpc) is 3.17. The SMILES string of the molecule is Cc1c(-c2ccc(Oc3ccc(OC4COC4)cc3)nc2)sc2c1c(=O)[nH]c(=O)n2C[C@](C)(O)C(F)(F)F. The smallest absolute Gasteiger partial charge is 0.418 e. The molecule has 0 radical (unpaired) electrons. The summed E-state index contributed by atoms with van der Waals surface area (Å²) in [6, 6.07) is 10.3. The third-order valence-corrected chi connectivity index (χ3v) is 7.46. The van der Waals surface area contributed by atoms with Gasteiger partial charge in [0.2, 0.25) is 5.88 Å². The van der Waals surface area contributed by atoms with Crippen LogP contribution in [0.25, 0.3) is 20.7 Å². The fourth-order valence-electron chi connectivity index (χ4n) is 3.85. The molecule has 1 saturated heterocycles. The number of hydrogen-bond donors (Lipinski definition) is 2. The highest BCUT2D eigenvalue weighted by atomic mass is 32.1. The van der Waals surface area contributed by atoms with Crippen molar-refractivity contribution in [2.45, 2.75) is 38.3 Å². The van der Waals surface area contributed by atoms with Crippen LogP contribution in [0.3, 0.4) is 0 Å². The molecule has 200 valence electrons. The third-order valence-electron chi connectivity index (χ3n) is 6.10. The molecule has 0 spiro atoms. The number of halogens is 3. The van der Waals surface area contributed by atoms with Crippen molar-refractivity contribution in [1.82, 2.24) is 14.5 Å². The summed E-state index contributed by atoms with van der Waals surface area (Å²) in [6.45, 7) is 2.25. The number of pyridine rings is 1. The number of benzene rings is 1. The number of aliphatic hydroxyl groups is 1. The van der Waals surface area contributed by atoms with Gasteiger partial charge in [-0.25, -0.2) is 9.78 Å². The predicted octanol–water partition coefficient (Wildman–Crippen LogP) is 4.00. The number of alkyl halides is 3. The fraction of sp³-hybridized carbons (Fsp3) is 0.320. The van der Waals surface area contributed by atoms with Crippen molar-refractivity contribution in [3.8, 4) is 27.8 Å². The van der Waals surface area contributed by atoms with Crippen molar-refractivity contribution in [2.75, 3.05) is 13.2 Å². The molecular formula is C25H22F3N3O6S. The molecule has 1 aromatic carbocycles. The number of hydrogen-bond acceptors (Lipinski definition) is 8. The van der Waals surface area contributed by atoms with Gasteiger partial charge < -0.3 is 19.3 Å². The van der Waals surface area contributed by atoms with E-state index < -0.39 is 29.6 Å². The van der Waals surface area contributed by atoms with Crippen molar-refractivity contribution >= 4 is 21.6 Å². The van der Waals surface area contributed by atoms with E-state index in [9.17, 15) is 27.9 Å². The van der Waals surface area contributed by atoms with Gasteiger partial charge in [0.15, 0.2) is 5.60 Å². The topological polar surface area (TPSA) is 116 Å². The van der Waals surface area contributed by atoms with Crippen LogP contribution in [0.2, 0.25) is 0 Å². The van der Waals surface area contributed by atoms with Gasteiger partial charge in [-0.15, -0.1) is 11.3 Å². The Balaban J connectivity index is 1.41. The molecule has 5 rings (SSSR count). The van der Waals surface area contributed by atoms with Crippen molar-refractivity contribution < 1.29 is 32.5 Å². The maximum atomic E-state index is 13.3. The number of aromatic nitrogens is 3. The van der Waals surface area contributed by atoms with Crippen LogP contribution >= 0.6 is 11.3 Å². The van der Waals surface area contributed by atoms with Gasteiger partial charge in [-0.3, -0.25) is 14.3 Å². The van der Waals surface area contributed by atoms with Crippen LogP contribution in [0.5, 0.6) is 17.4 Å². The number of nitrogens with one attached hydrogen (secondary N) is 1. The van der Waals surface area contributed by atoms with Gasteiger partial charge >= 0.3 is 11.9 Å². The lowest BCUT2D eigenvalue weighted by atomic mass is 10.1. The molecule has 3 aromatic heterocycles. The van der Waals surface area contributed by atoms with Crippen molar-refractivity contribution in [3.05, 3.63) is 69.0 Å². The number of nitrogens with zero attached hydrogens (tertiary/aromatic N) is 2. The van der Waals surface area contributed by atoms with Gasteiger partial charge in [-0.2, -0.15) is 13.2 Å². The molecule has 0 amide bonds. The van der Waals surface area contributed by atoms with E-state index in [1.54, 1.807) is 43.3 Å². The summed E-state index contributed by atoms with van der Waals surface area (Å²) in [5.74, 6) is 1.52. The molecule has 0 aliphatic carbocycles.